The molecule has 96 valence electrons. The van der Waals surface area contributed by atoms with Gasteiger partial charge in [-0.05, 0) is 35.7 Å². The molecule has 0 saturated heterocycles. The number of carbonyl (C=O) groups excluding carboxylic acids is 1. The van der Waals surface area contributed by atoms with E-state index in [-0.39, 0.29) is 5.78 Å². The number of ketones is 1. The number of thioether (sulfide) groups is 1. The first kappa shape index (κ1) is 12.8. The quantitative estimate of drug-likeness (QED) is 0.757. The molecule has 0 aromatic heterocycles. The zero-order valence-corrected chi connectivity index (χ0v) is 11.9. The Labute approximate surface area is 122 Å². The normalized spacial score (nSPS) is 13.6. The number of carbonyl (C=O) groups is 1. The van der Waals surface area contributed by atoms with Crippen LogP contribution in [0.15, 0.2) is 47.4 Å². The fourth-order valence-corrected chi connectivity index (χ4v) is 3.54. The van der Waals surface area contributed by atoms with Crippen molar-refractivity contribution in [2.75, 3.05) is 0 Å². The molecule has 2 aromatic carbocycles. The zero-order valence-electron chi connectivity index (χ0n) is 10.4. The van der Waals surface area contributed by atoms with E-state index in [1.165, 1.54) is 16.0 Å². The van der Waals surface area contributed by atoms with Gasteiger partial charge in [-0.25, -0.2) is 0 Å². The van der Waals surface area contributed by atoms with E-state index in [1.807, 2.05) is 36.4 Å². The van der Waals surface area contributed by atoms with Crippen LogP contribution in [0.2, 0.25) is 5.02 Å². The predicted octanol–water partition coefficient (Wildman–Crippen LogP) is 4.76. The Morgan fingerprint density at radius 3 is 2.63 bits per heavy atom. The Balaban J connectivity index is 1.78. The van der Waals surface area contributed by atoms with Gasteiger partial charge in [0.2, 0.25) is 0 Å². The topological polar surface area (TPSA) is 17.1 Å². The van der Waals surface area contributed by atoms with Crippen LogP contribution >= 0.6 is 23.4 Å². The number of benzene rings is 2. The van der Waals surface area contributed by atoms with Gasteiger partial charge < -0.3 is 0 Å². The number of rotatable bonds is 3. The van der Waals surface area contributed by atoms with Gasteiger partial charge in [0.15, 0.2) is 5.78 Å². The van der Waals surface area contributed by atoms with Crippen molar-refractivity contribution >= 4 is 29.1 Å². The van der Waals surface area contributed by atoms with Crippen molar-refractivity contribution in [3.63, 3.8) is 0 Å². The number of Topliss-reactive ketones (excluding diaryl/α,β-unsaturated/α-hetero) is 1. The largest absolute Gasteiger partial charge is 0.294 e. The number of hydrogen-bond donors (Lipinski definition) is 0. The summed E-state index contributed by atoms with van der Waals surface area (Å²) in [5.41, 5.74) is 3.39. The molecule has 3 heteroatoms. The molecule has 1 aliphatic carbocycles. The van der Waals surface area contributed by atoms with Gasteiger partial charge in [-0.15, -0.1) is 11.8 Å². The van der Waals surface area contributed by atoms with Crippen LogP contribution in [0, 0.1) is 0 Å². The average Bonchev–Trinajstić information content (AvgIpc) is 2.81. The molecule has 0 amide bonds. The van der Waals surface area contributed by atoms with Gasteiger partial charge in [-0.2, -0.15) is 0 Å². The number of hydrogen-bond acceptors (Lipinski definition) is 2. The molecular weight excluding hydrogens is 276 g/mol. The summed E-state index contributed by atoms with van der Waals surface area (Å²) in [6.07, 6.45) is 1.55. The minimum atomic E-state index is 0.281. The highest BCUT2D eigenvalue weighted by atomic mass is 35.5. The summed E-state index contributed by atoms with van der Waals surface area (Å²) in [7, 11) is 0. The van der Waals surface area contributed by atoms with Crippen molar-refractivity contribution < 1.29 is 4.79 Å². The molecule has 0 bridgehead atoms. The number of fused-ring (bicyclic) bond motifs is 1. The van der Waals surface area contributed by atoms with Crippen molar-refractivity contribution in [2.24, 2.45) is 0 Å². The summed E-state index contributed by atoms with van der Waals surface area (Å²) in [6.45, 7) is 0. The van der Waals surface area contributed by atoms with E-state index in [1.54, 1.807) is 11.8 Å². The van der Waals surface area contributed by atoms with E-state index in [0.717, 1.165) is 22.8 Å². The van der Waals surface area contributed by atoms with E-state index < -0.39 is 0 Å². The maximum absolute atomic E-state index is 11.7. The summed E-state index contributed by atoms with van der Waals surface area (Å²) in [5.74, 6) is 1.19. The smallest absolute Gasteiger partial charge is 0.163 e. The standard InChI is InChI=1S/C16H13ClOS/c17-12-6-4-11(5-7-12)10-19-16-3-1-2-13-14(16)8-9-15(13)18/h1-7H,8-10H2. The molecule has 2 aromatic rings. The third-order valence-corrected chi connectivity index (χ3v) is 4.77. The molecule has 19 heavy (non-hydrogen) atoms. The van der Waals surface area contributed by atoms with Crippen molar-refractivity contribution in [2.45, 2.75) is 23.5 Å². The summed E-state index contributed by atoms with van der Waals surface area (Å²) in [4.78, 5) is 12.9. The first-order chi connectivity index (χ1) is 9.24. The molecule has 0 spiro atoms. The third-order valence-electron chi connectivity index (χ3n) is 3.34. The Bertz CT molecular complexity index is 619. The van der Waals surface area contributed by atoms with Crippen LogP contribution in [0.25, 0.3) is 0 Å². The Morgan fingerprint density at radius 2 is 1.84 bits per heavy atom. The van der Waals surface area contributed by atoms with Gasteiger partial charge in [0, 0.05) is 27.7 Å². The molecule has 1 nitrogen and oxygen atoms in total. The molecule has 0 aliphatic heterocycles. The Kier molecular flexibility index (Phi) is 3.63. The fourth-order valence-electron chi connectivity index (χ4n) is 2.33. The number of halogens is 1. The van der Waals surface area contributed by atoms with Gasteiger partial charge in [0.25, 0.3) is 0 Å². The third kappa shape index (κ3) is 2.70. The van der Waals surface area contributed by atoms with Gasteiger partial charge >= 0.3 is 0 Å². The summed E-state index contributed by atoms with van der Waals surface area (Å²) < 4.78 is 0. The molecule has 0 unspecified atom stereocenters. The molecule has 0 radical (unpaired) electrons. The second kappa shape index (κ2) is 5.40. The van der Waals surface area contributed by atoms with Crippen molar-refractivity contribution in [3.8, 4) is 0 Å². The van der Waals surface area contributed by atoms with E-state index >= 15 is 0 Å². The van der Waals surface area contributed by atoms with E-state index in [4.69, 9.17) is 11.6 Å². The minimum absolute atomic E-state index is 0.281. The second-order valence-electron chi connectivity index (χ2n) is 4.62. The van der Waals surface area contributed by atoms with Crippen molar-refractivity contribution in [3.05, 3.63) is 64.2 Å². The molecule has 3 rings (SSSR count). The molecule has 0 heterocycles. The van der Waals surface area contributed by atoms with Crippen LogP contribution in [-0.2, 0) is 12.2 Å². The molecule has 1 aliphatic rings. The van der Waals surface area contributed by atoms with Crippen LogP contribution in [0.5, 0.6) is 0 Å². The van der Waals surface area contributed by atoms with Crippen LogP contribution in [0.4, 0.5) is 0 Å². The van der Waals surface area contributed by atoms with Gasteiger partial charge in [-0.3, -0.25) is 4.79 Å². The van der Waals surface area contributed by atoms with E-state index in [2.05, 4.69) is 6.07 Å². The lowest BCUT2D eigenvalue weighted by Gasteiger charge is -2.07. The highest BCUT2D eigenvalue weighted by Gasteiger charge is 2.21. The molecule has 0 N–H and O–H groups in total. The first-order valence-electron chi connectivity index (χ1n) is 6.26. The SMILES string of the molecule is O=C1CCc2c(SCc3ccc(Cl)cc3)cccc21. The maximum atomic E-state index is 11.7. The molecule has 0 atom stereocenters. The highest BCUT2D eigenvalue weighted by Crippen LogP contribution is 2.33. The van der Waals surface area contributed by atoms with Crippen molar-refractivity contribution in [1.82, 2.24) is 0 Å². The molecular formula is C16H13ClOS. The van der Waals surface area contributed by atoms with Crippen LogP contribution in [0.3, 0.4) is 0 Å². The van der Waals surface area contributed by atoms with Gasteiger partial charge in [-0.1, -0.05) is 35.9 Å². The first-order valence-corrected chi connectivity index (χ1v) is 7.63. The fraction of sp³-hybridized carbons (Fsp3) is 0.188. The van der Waals surface area contributed by atoms with Crippen LogP contribution in [-0.4, -0.2) is 5.78 Å². The van der Waals surface area contributed by atoms with E-state index in [9.17, 15) is 4.79 Å². The zero-order chi connectivity index (χ0) is 13.2. The lowest BCUT2D eigenvalue weighted by Crippen LogP contribution is -1.91. The summed E-state index contributed by atoms with van der Waals surface area (Å²) in [6, 6.07) is 13.9. The summed E-state index contributed by atoms with van der Waals surface area (Å²) in [5, 5.41) is 0.764. The summed E-state index contributed by atoms with van der Waals surface area (Å²) >= 11 is 7.67. The monoisotopic (exact) mass is 288 g/mol. The molecule has 0 fully saturated rings. The maximum Gasteiger partial charge on any atom is 0.163 e. The minimum Gasteiger partial charge on any atom is -0.294 e. The second-order valence-corrected chi connectivity index (χ2v) is 6.07. The van der Waals surface area contributed by atoms with Crippen LogP contribution < -0.4 is 0 Å². The average molecular weight is 289 g/mol. The van der Waals surface area contributed by atoms with Gasteiger partial charge in [0.05, 0.1) is 0 Å². The Morgan fingerprint density at radius 1 is 1.05 bits per heavy atom. The molecule has 0 saturated carbocycles. The van der Waals surface area contributed by atoms with Crippen molar-refractivity contribution in [1.29, 1.82) is 0 Å². The lowest BCUT2D eigenvalue weighted by atomic mass is 10.1. The lowest BCUT2D eigenvalue weighted by molar-refractivity contribution is 0.0994. The Hall–Kier alpha value is -1.25. The van der Waals surface area contributed by atoms with E-state index in [0.29, 0.717) is 6.42 Å². The van der Waals surface area contributed by atoms with Crippen LogP contribution in [0.1, 0.15) is 27.9 Å². The van der Waals surface area contributed by atoms with Gasteiger partial charge in [0.1, 0.15) is 0 Å². The predicted molar refractivity (Wildman–Crippen MR) is 80.1 cm³/mol. The highest BCUT2D eigenvalue weighted by molar-refractivity contribution is 7.98.